The van der Waals surface area contributed by atoms with Gasteiger partial charge < -0.3 is 9.84 Å². The van der Waals surface area contributed by atoms with E-state index in [-0.39, 0.29) is 35.0 Å². The Bertz CT molecular complexity index is 2210. The van der Waals surface area contributed by atoms with E-state index in [0.29, 0.717) is 32.6 Å². The number of aromatic hydroxyl groups is 1. The number of benzene rings is 4. The Hall–Kier alpha value is -4.90. The molecular weight excluding hydrogens is 732 g/mol. The number of hydrogen-bond donors (Lipinski definition) is 2. The molecule has 52 heavy (non-hydrogen) atoms. The van der Waals surface area contributed by atoms with E-state index < -0.39 is 64.3 Å². The average Bonchev–Trinajstić information content (AvgIpc) is 3.52. The van der Waals surface area contributed by atoms with E-state index in [1.807, 2.05) is 6.08 Å². The lowest BCUT2D eigenvalue weighted by Gasteiger charge is -2.50. The number of allylic oxidation sites excluding steroid dienone is 2. The summed E-state index contributed by atoms with van der Waals surface area (Å²) in [4.78, 5) is 59.6. The number of fused-ring (bicyclic) bond motifs is 4. The summed E-state index contributed by atoms with van der Waals surface area (Å²) in [7, 11) is 1.50. The zero-order valence-corrected chi connectivity index (χ0v) is 29.6. The van der Waals surface area contributed by atoms with Gasteiger partial charge in [-0.15, -0.1) is 0 Å². The van der Waals surface area contributed by atoms with Crippen molar-refractivity contribution in [2.75, 3.05) is 17.4 Å². The second-order valence-corrected chi connectivity index (χ2v) is 14.7. The molecule has 3 fully saturated rings. The standard InChI is InChI=1S/C39H29Cl3FN3O6/c1-52-23-12-5-19(6-13-23)39-28(36(49)46(38(39)51)44-31-16-9-21(41)17-29(31)42)18-27-24(33(39)26-3-2-4-30(43)34(26)47)14-15-25-32(27)37(50)45(35(25)48)22-10-7-20(40)8-11-22/h2-14,16-17,25,27-28,32-33,44,47H,15,18H2,1H3/t25-,27+,28-,32-,33+,39+/m0/s1. The minimum absolute atomic E-state index is 0.00378. The smallest absolute Gasteiger partial charge is 0.260 e. The summed E-state index contributed by atoms with van der Waals surface area (Å²) in [5.74, 6) is -7.92. The van der Waals surface area contributed by atoms with Crippen LogP contribution in [0.4, 0.5) is 15.8 Å². The van der Waals surface area contributed by atoms with Crippen LogP contribution < -0.4 is 15.1 Å². The number of ether oxygens (including phenoxy) is 1. The largest absolute Gasteiger partial charge is 0.505 e. The molecule has 0 aromatic heterocycles. The predicted molar refractivity (Wildman–Crippen MR) is 193 cm³/mol. The van der Waals surface area contributed by atoms with Crippen LogP contribution in [-0.4, -0.2) is 40.9 Å². The molecule has 0 radical (unpaired) electrons. The fraction of sp³-hybridized carbons (Fsp3) is 0.231. The van der Waals surface area contributed by atoms with Crippen molar-refractivity contribution in [3.8, 4) is 11.5 Å². The number of phenols is 1. The normalized spacial score (nSPS) is 26.6. The van der Waals surface area contributed by atoms with E-state index in [1.165, 1.54) is 31.4 Å². The molecular formula is C39H29Cl3FN3O6. The summed E-state index contributed by atoms with van der Waals surface area (Å²) in [6.07, 6.45) is 1.96. The minimum atomic E-state index is -1.75. The maximum absolute atomic E-state index is 15.3. The Kier molecular flexibility index (Phi) is 8.32. The number of halogens is 4. The predicted octanol–water partition coefficient (Wildman–Crippen LogP) is 7.69. The molecule has 4 aromatic carbocycles. The molecule has 2 saturated heterocycles. The van der Waals surface area contributed by atoms with Gasteiger partial charge >= 0.3 is 0 Å². The highest BCUT2D eigenvalue weighted by atomic mass is 35.5. The highest BCUT2D eigenvalue weighted by Gasteiger charge is 2.70. The fourth-order valence-electron chi connectivity index (χ4n) is 8.80. The molecule has 0 unspecified atom stereocenters. The lowest BCUT2D eigenvalue weighted by atomic mass is 9.49. The summed E-state index contributed by atoms with van der Waals surface area (Å²) < 4.78 is 20.7. The molecule has 2 N–H and O–H groups in total. The maximum atomic E-state index is 15.3. The number of carbonyl (C=O) groups excluding carboxylic acids is 4. The highest BCUT2D eigenvalue weighted by molar-refractivity contribution is 6.36. The van der Waals surface area contributed by atoms with Crippen LogP contribution in [0.5, 0.6) is 11.5 Å². The Labute approximate surface area is 312 Å². The first kappa shape index (κ1) is 34.2. The number of nitrogens with one attached hydrogen (secondary N) is 1. The van der Waals surface area contributed by atoms with Crippen LogP contribution in [0, 0.1) is 29.5 Å². The van der Waals surface area contributed by atoms with Crippen LogP contribution >= 0.6 is 34.8 Å². The molecule has 0 bridgehead atoms. The van der Waals surface area contributed by atoms with Crippen LogP contribution in [0.1, 0.15) is 29.9 Å². The van der Waals surface area contributed by atoms with Gasteiger partial charge in [0.25, 0.3) is 11.8 Å². The van der Waals surface area contributed by atoms with Crippen molar-refractivity contribution in [1.29, 1.82) is 0 Å². The number of rotatable bonds is 6. The SMILES string of the molecule is COc1ccc([C@@]23C(=O)N(Nc4ccc(Cl)cc4Cl)C(=O)[C@@H]2C[C@@H]2C(=CC[C@@H]4C(=O)N(c5ccc(Cl)cc5)C(=O)[C@@H]42)[C@@H]3c2cccc(F)c2O)cc1. The molecule has 2 aliphatic carbocycles. The van der Waals surface area contributed by atoms with Crippen molar-refractivity contribution in [1.82, 2.24) is 5.01 Å². The number of phenolic OH excluding ortho intramolecular Hbond substituents is 1. The first-order chi connectivity index (χ1) is 25.0. The summed E-state index contributed by atoms with van der Waals surface area (Å²) >= 11 is 18.7. The summed E-state index contributed by atoms with van der Waals surface area (Å²) in [6, 6.07) is 21.6. The van der Waals surface area contributed by atoms with Crippen LogP contribution in [0.15, 0.2) is 96.6 Å². The van der Waals surface area contributed by atoms with E-state index in [4.69, 9.17) is 39.5 Å². The van der Waals surface area contributed by atoms with Crippen molar-refractivity contribution in [3.63, 3.8) is 0 Å². The number of amides is 4. The van der Waals surface area contributed by atoms with Crippen LogP contribution in [0.3, 0.4) is 0 Å². The van der Waals surface area contributed by atoms with Gasteiger partial charge in [-0.25, -0.2) is 4.39 Å². The first-order valence-corrected chi connectivity index (χ1v) is 17.7. The number of methoxy groups -OCH3 is 1. The molecule has 6 atom stereocenters. The highest BCUT2D eigenvalue weighted by Crippen LogP contribution is 2.65. The number of para-hydroxylation sites is 1. The van der Waals surface area contributed by atoms with Gasteiger partial charge in [0, 0.05) is 21.5 Å². The number of imide groups is 2. The van der Waals surface area contributed by atoms with Crippen molar-refractivity contribution >= 4 is 69.8 Å². The quantitative estimate of drug-likeness (QED) is 0.153. The molecule has 0 spiro atoms. The second kappa shape index (κ2) is 12.6. The number of hydrogen-bond acceptors (Lipinski definition) is 7. The molecule has 13 heteroatoms. The number of nitrogens with zero attached hydrogens (tertiary/aromatic N) is 2. The van der Waals surface area contributed by atoms with Gasteiger partial charge in [-0.3, -0.25) is 29.5 Å². The van der Waals surface area contributed by atoms with Crippen LogP contribution in [-0.2, 0) is 24.6 Å². The lowest BCUT2D eigenvalue weighted by molar-refractivity contribution is -0.138. The zero-order valence-electron chi connectivity index (χ0n) is 27.4. The van der Waals surface area contributed by atoms with Crippen molar-refractivity contribution in [2.24, 2.45) is 23.7 Å². The van der Waals surface area contributed by atoms with Gasteiger partial charge in [-0.1, -0.05) is 70.7 Å². The molecule has 264 valence electrons. The molecule has 4 amide bonds. The molecule has 2 aliphatic heterocycles. The van der Waals surface area contributed by atoms with Crippen molar-refractivity contribution in [3.05, 3.63) is 129 Å². The fourth-order valence-corrected chi connectivity index (χ4v) is 9.37. The van der Waals surface area contributed by atoms with Gasteiger partial charge in [0.1, 0.15) is 5.75 Å². The maximum Gasteiger partial charge on any atom is 0.260 e. The number of carbonyl (C=O) groups is 4. The van der Waals surface area contributed by atoms with Gasteiger partial charge in [0.05, 0.1) is 46.7 Å². The molecule has 1 saturated carbocycles. The summed E-state index contributed by atoms with van der Waals surface area (Å²) in [5, 5.41) is 13.2. The summed E-state index contributed by atoms with van der Waals surface area (Å²) in [6.45, 7) is 0. The molecule has 8 rings (SSSR count). The third-order valence-electron chi connectivity index (χ3n) is 11.0. The van der Waals surface area contributed by atoms with E-state index in [9.17, 15) is 19.5 Å². The molecule has 2 heterocycles. The third-order valence-corrected chi connectivity index (χ3v) is 11.8. The summed E-state index contributed by atoms with van der Waals surface area (Å²) in [5.41, 5.74) is 2.78. The monoisotopic (exact) mass is 759 g/mol. The number of anilines is 2. The minimum Gasteiger partial charge on any atom is -0.505 e. The third kappa shape index (κ3) is 4.95. The van der Waals surface area contributed by atoms with Gasteiger partial charge in [0.15, 0.2) is 11.6 Å². The van der Waals surface area contributed by atoms with Crippen molar-refractivity contribution in [2.45, 2.75) is 24.2 Å². The van der Waals surface area contributed by atoms with Gasteiger partial charge in [-0.2, -0.15) is 5.01 Å². The van der Waals surface area contributed by atoms with E-state index in [1.54, 1.807) is 54.6 Å². The zero-order chi connectivity index (χ0) is 36.6. The van der Waals surface area contributed by atoms with E-state index >= 15 is 9.18 Å². The molecule has 4 aromatic rings. The Balaban J connectivity index is 1.34. The Morgan fingerprint density at radius 1 is 0.865 bits per heavy atom. The second-order valence-electron chi connectivity index (χ2n) is 13.4. The first-order valence-electron chi connectivity index (χ1n) is 16.5. The van der Waals surface area contributed by atoms with Crippen LogP contribution in [0.2, 0.25) is 15.1 Å². The van der Waals surface area contributed by atoms with E-state index in [0.717, 1.165) is 16.0 Å². The van der Waals surface area contributed by atoms with Gasteiger partial charge in [0.2, 0.25) is 11.8 Å². The van der Waals surface area contributed by atoms with Crippen molar-refractivity contribution < 1.29 is 33.4 Å². The Morgan fingerprint density at radius 2 is 1.58 bits per heavy atom. The average molecular weight is 761 g/mol. The van der Waals surface area contributed by atoms with Crippen LogP contribution in [0.25, 0.3) is 0 Å². The lowest BCUT2D eigenvalue weighted by Crippen LogP contribution is -2.53. The topological polar surface area (TPSA) is 116 Å². The Morgan fingerprint density at radius 3 is 2.27 bits per heavy atom. The molecule has 9 nitrogen and oxygen atoms in total. The number of hydrazine groups is 1. The molecule has 4 aliphatic rings. The van der Waals surface area contributed by atoms with Gasteiger partial charge in [-0.05, 0) is 85.0 Å². The van der Waals surface area contributed by atoms with E-state index in [2.05, 4.69) is 5.43 Å².